The predicted octanol–water partition coefficient (Wildman–Crippen LogP) is 5.60. The van der Waals surface area contributed by atoms with Gasteiger partial charge >= 0.3 is 5.97 Å². The summed E-state index contributed by atoms with van der Waals surface area (Å²) < 4.78 is 19.7. The average molecular weight is 332 g/mol. The molecule has 2 nitrogen and oxygen atoms in total. The molecule has 1 aliphatic carbocycles. The molecule has 0 bridgehead atoms. The minimum Gasteiger partial charge on any atom is -0.458 e. The van der Waals surface area contributed by atoms with E-state index in [0.29, 0.717) is 12.0 Å². The normalized spacial score (nSPS) is 26.8. The minimum absolute atomic E-state index is 0.0829. The van der Waals surface area contributed by atoms with Gasteiger partial charge in [-0.15, -0.1) is 0 Å². The molecule has 1 heterocycles. The molecule has 132 valence electrons. The van der Waals surface area contributed by atoms with Gasteiger partial charge in [0.25, 0.3) is 0 Å². The quantitative estimate of drug-likeness (QED) is 0.656. The van der Waals surface area contributed by atoms with E-state index in [0.717, 1.165) is 30.2 Å². The number of esters is 1. The summed E-state index contributed by atoms with van der Waals surface area (Å²) in [5.74, 6) is 0.809. The summed E-state index contributed by atoms with van der Waals surface area (Å²) in [6, 6.07) is 3.65. The zero-order valence-electron chi connectivity index (χ0n) is 14.9. The van der Waals surface area contributed by atoms with Gasteiger partial charge in [-0.05, 0) is 42.7 Å². The Balaban J connectivity index is 1.53. The predicted molar refractivity (Wildman–Crippen MR) is 93.6 cm³/mol. The number of rotatable bonds is 5. The van der Waals surface area contributed by atoms with E-state index < -0.39 is 11.8 Å². The van der Waals surface area contributed by atoms with Gasteiger partial charge in [-0.1, -0.05) is 57.6 Å². The monoisotopic (exact) mass is 332 g/mol. The summed E-state index contributed by atoms with van der Waals surface area (Å²) in [5, 5.41) is 0. The van der Waals surface area contributed by atoms with Crippen molar-refractivity contribution in [1.29, 1.82) is 0 Å². The highest BCUT2D eigenvalue weighted by Gasteiger charge is 2.30. The Labute approximate surface area is 144 Å². The maximum Gasteiger partial charge on any atom is 0.341 e. The van der Waals surface area contributed by atoms with E-state index >= 15 is 0 Å². The SMILES string of the molecule is CCCC1CCC(CCC2Cc3ccc(C)c(F)c3C(=O)O2)CC1. The lowest BCUT2D eigenvalue weighted by Crippen LogP contribution is -2.29. The minimum atomic E-state index is -0.478. The first-order valence-electron chi connectivity index (χ1n) is 9.57. The molecular formula is C21H29FO2. The van der Waals surface area contributed by atoms with Crippen molar-refractivity contribution in [2.75, 3.05) is 0 Å². The molecule has 2 aliphatic rings. The summed E-state index contributed by atoms with van der Waals surface area (Å²) in [4.78, 5) is 12.2. The number of ether oxygens (including phenoxy) is 1. The fourth-order valence-electron chi connectivity index (χ4n) is 4.41. The molecule has 1 fully saturated rings. The van der Waals surface area contributed by atoms with Crippen molar-refractivity contribution in [2.45, 2.75) is 77.7 Å². The number of hydrogen-bond acceptors (Lipinski definition) is 2. The van der Waals surface area contributed by atoms with Crippen LogP contribution in [0.3, 0.4) is 0 Å². The molecule has 3 rings (SSSR count). The second-order valence-electron chi connectivity index (χ2n) is 7.71. The van der Waals surface area contributed by atoms with E-state index in [1.54, 1.807) is 13.0 Å². The third kappa shape index (κ3) is 3.81. The van der Waals surface area contributed by atoms with Crippen molar-refractivity contribution in [2.24, 2.45) is 11.8 Å². The fourth-order valence-corrected chi connectivity index (χ4v) is 4.41. The van der Waals surface area contributed by atoms with Gasteiger partial charge in [-0.3, -0.25) is 0 Å². The van der Waals surface area contributed by atoms with Crippen LogP contribution in [0.2, 0.25) is 0 Å². The van der Waals surface area contributed by atoms with Crippen LogP contribution in [0.5, 0.6) is 0 Å². The van der Waals surface area contributed by atoms with Crippen LogP contribution in [-0.2, 0) is 11.2 Å². The summed E-state index contributed by atoms with van der Waals surface area (Å²) in [6.07, 6.45) is 10.6. The third-order valence-corrected chi connectivity index (χ3v) is 5.91. The molecule has 1 aromatic carbocycles. The van der Waals surface area contributed by atoms with E-state index in [4.69, 9.17) is 4.74 Å². The molecular weight excluding hydrogens is 303 g/mol. The zero-order chi connectivity index (χ0) is 17.1. The van der Waals surface area contributed by atoms with Gasteiger partial charge in [-0.25, -0.2) is 9.18 Å². The number of carbonyl (C=O) groups is 1. The lowest BCUT2D eigenvalue weighted by Gasteiger charge is -2.30. The molecule has 24 heavy (non-hydrogen) atoms. The van der Waals surface area contributed by atoms with Crippen LogP contribution in [0.25, 0.3) is 0 Å². The number of hydrogen-bond donors (Lipinski definition) is 0. The molecule has 1 saturated carbocycles. The molecule has 1 aromatic rings. The maximum atomic E-state index is 14.1. The fraction of sp³-hybridized carbons (Fsp3) is 0.667. The third-order valence-electron chi connectivity index (χ3n) is 5.91. The average Bonchev–Trinajstić information content (AvgIpc) is 2.58. The largest absolute Gasteiger partial charge is 0.458 e. The van der Waals surface area contributed by atoms with Crippen molar-refractivity contribution >= 4 is 5.97 Å². The molecule has 1 atom stereocenters. The van der Waals surface area contributed by atoms with E-state index in [-0.39, 0.29) is 11.7 Å². The van der Waals surface area contributed by atoms with Crippen molar-refractivity contribution in [1.82, 2.24) is 0 Å². The van der Waals surface area contributed by atoms with Gasteiger partial charge in [0.15, 0.2) is 0 Å². The van der Waals surface area contributed by atoms with Gasteiger partial charge in [0, 0.05) is 6.42 Å². The van der Waals surface area contributed by atoms with Gasteiger partial charge in [-0.2, -0.15) is 0 Å². The Kier molecular flexibility index (Phi) is 5.57. The maximum absolute atomic E-state index is 14.1. The number of halogens is 1. The second-order valence-corrected chi connectivity index (χ2v) is 7.71. The number of aryl methyl sites for hydroxylation is 1. The summed E-state index contributed by atoms with van der Waals surface area (Å²) in [7, 11) is 0. The lowest BCUT2D eigenvalue weighted by atomic mass is 9.78. The van der Waals surface area contributed by atoms with Crippen LogP contribution in [0.4, 0.5) is 4.39 Å². The molecule has 0 amide bonds. The molecule has 1 unspecified atom stereocenters. The van der Waals surface area contributed by atoms with Crippen molar-refractivity contribution < 1.29 is 13.9 Å². The standard InChI is InChI=1S/C21H29FO2/c1-3-4-15-6-8-16(9-7-15)10-12-18-13-17-11-5-14(2)20(22)19(17)21(23)24-18/h5,11,15-16,18H,3-4,6-10,12-13H2,1-2H3. The van der Waals surface area contributed by atoms with Crippen LogP contribution >= 0.6 is 0 Å². The van der Waals surface area contributed by atoms with E-state index in [1.807, 2.05) is 6.07 Å². The topological polar surface area (TPSA) is 26.3 Å². The number of carbonyl (C=O) groups excluding carboxylic acids is 1. The van der Waals surface area contributed by atoms with Crippen LogP contribution in [0.15, 0.2) is 12.1 Å². The van der Waals surface area contributed by atoms with Gasteiger partial charge < -0.3 is 4.74 Å². The van der Waals surface area contributed by atoms with Crippen LogP contribution in [0, 0.1) is 24.6 Å². The molecule has 0 radical (unpaired) electrons. The lowest BCUT2D eigenvalue weighted by molar-refractivity contribution is 0.0208. The van der Waals surface area contributed by atoms with Crippen LogP contribution in [0.1, 0.15) is 79.8 Å². The Morgan fingerprint density at radius 2 is 1.75 bits per heavy atom. The Morgan fingerprint density at radius 1 is 1.08 bits per heavy atom. The number of fused-ring (bicyclic) bond motifs is 1. The van der Waals surface area contributed by atoms with Gasteiger partial charge in [0.05, 0.1) is 5.56 Å². The van der Waals surface area contributed by atoms with Crippen LogP contribution in [-0.4, -0.2) is 12.1 Å². The molecule has 0 spiro atoms. The highest BCUT2D eigenvalue weighted by Crippen LogP contribution is 2.35. The highest BCUT2D eigenvalue weighted by atomic mass is 19.1. The molecule has 1 aliphatic heterocycles. The van der Waals surface area contributed by atoms with Crippen molar-refractivity contribution in [3.8, 4) is 0 Å². The van der Waals surface area contributed by atoms with Crippen LogP contribution < -0.4 is 0 Å². The summed E-state index contributed by atoms with van der Waals surface area (Å²) in [5.41, 5.74) is 1.48. The molecule has 0 N–H and O–H groups in total. The first-order valence-corrected chi connectivity index (χ1v) is 9.57. The first kappa shape index (κ1) is 17.4. The number of benzene rings is 1. The molecule has 0 aromatic heterocycles. The number of cyclic esters (lactones) is 1. The zero-order valence-corrected chi connectivity index (χ0v) is 14.9. The Morgan fingerprint density at radius 3 is 2.42 bits per heavy atom. The smallest absolute Gasteiger partial charge is 0.341 e. The highest BCUT2D eigenvalue weighted by molar-refractivity contribution is 5.92. The second kappa shape index (κ2) is 7.67. The first-order chi connectivity index (χ1) is 11.6. The van der Waals surface area contributed by atoms with E-state index in [2.05, 4.69) is 6.92 Å². The van der Waals surface area contributed by atoms with Crippen molar-refractivity contribution in [3.05, 3.63) is 34.6 Å². The van der Waals surface area contributed by atoms with E-state index in [1.165, 1.54) is 38.5 Å². The Bertz CT molecular complexity index is 588. The molecule has 0 saturated heterocycles. The van der Waals surface area contributed by atoms with E-state index in [9.17, 15) is 9.18 Å². The van der Waals surface area contributed by atoms with Gasteiger partial charge in [0.1, 0.15) is 11.9 Å². The summed E-state index contributed by atoms with van der Waals surface area (Å²) >= 11 is 0. The molecule has 3 heteroatoms. The van der Waals surface area contributed by atoms with Crippen molar-refractivity contribution in [3.63, 3.8) is 0 Å². The summed E-state index contributed by atoms with van der Waals surface area (Å²) in [6.45, 7) is 3.95. The van der Waals surface area contributed by atoms with Gasteiger partial charge in [0.2, 0.25) is 0 Å². The Hall–Kier alpha value is -1.38.